The maximum absolute atomic E-state index is 14.1. The fourth-order valence-electron chi connectivity index (χ4n) is 2.50. The number of anilines is 2. The van der Waals surface area contributed by atoms with Crippen LogP contribution in [0.15, 0.2) is 42.5 Å². The van der Waals surface area contributed by atoms with Crippen LogP contribution in [0.1, 0.15) is 17.3 Å². The summed E-state index contributed by atoms with van der Waals surface area (Å²) in [6, 6.07) is 11.0. The number of benzene rings is 2. The van der Waals surface area contributed by atoms with Crippen LogP contribution in [0.2, 0.25) is 0 Å². The van der Waals surface area contributed by atoms with Crippen molar-refractivity contribution >= 4 is 23.2 Å². The number of amides is 2. The Labute approximate surface area is 132 Å². The fraction of sp³-hybridized carbons (Fsp3) is 0.176. The Bertz CT molecular complexity index is 776. The van der Waals surface area contributed by atoms with Gasteiger partial charge in [0, 0.05) is 12.6 Å². The summed E-state index contributed by atoms with van der Waals surface area (Å²) in [5, 5.41) is 2.55. The lowest BCUT2D eigenvalue weighted by Gasteiger charge is -2.29. The van der Waals surface area contributed by atoms with Gasteiger partial charge in [-0.1, -0.05) is 12.1 Å². The second-order valence-corrected chi connectivity index (χ2v) is 5.15. The van der Waals surface area contributed by atoms with Crippen molar-refractivity contribution in [3.63, 3.8) is 0 Å². The summed E-state index contributed by atoms with van der Waals surface area (Å²) >= 11 is 0. The fourth-order valence-corrected chi connectivity index (χ4v) is 2.50. The van der Waals surface area contributed by atoms with E-state index in [-0.39, 0.29) is 11.5 Å². The number of para-hydroxylation sites is 2. The van der Waals surface area contributed by atoms with Gasteiger partial charge in [-0.2, -0.15) is 0 Å². The number of nitrogens with zero attached hydrogens (tertiary/aromatic N) is 1. The molecule has 0 atom stereocenters. The molecule has 0 unspecified atom stereocenters. The van der Waals surface area contributed by atoms with Crippen molar-refractivity contribution < 1.29 is 18.7 Å². The Kier molecular flexibility index (Phi) is 3.97. The van der Waals surface area contributed by atoms with E-state index in [1.807, 2.05) is 6.07 Å². The largest absolute Gasteiger partial charge is 0.490 e. The van der Waals surface area contributed by atoms with Crippen LogP contribution in [0.4, 0.5) is 15.8 Å². The van der Waals surface area contributed by atoms with Crippen LogP contribution in [0.5, 0.6) is 5.75 Å². The second kappa shape index (κ2) is 6.08. The minimum Gasteiger partial charge on any atom is -0.490 e. The lowest BCUT2D eigenvalue weighted by atomic mass is 10.1. The topological polar surface area (TPSA) is 58.6 Å². The molecular weight excluding hydrogens is 299 g/mol. The SMILES string of the molecule is CC(=O)Nc1ccc(F)c(C(=O)N2CCOc3ccccc32)c1. The molecule has 0 aromatic heterocycles. The summed E-state index contributed by atoms with van der Waals surface area (Å²) in [5.74, 6) is -0.796. The first-order valence-corrected chi connectivity index (χ1v) is 7.17. The van der Waals surface area contributed by atoms with Crippen LogP contribution in [0.25, 0.3) is 0 Å². The van der Waals surface area contributed by atoms with Gasteiger partial charge in [-0.25, -0.2) is 4.39 Å². The predicted molar refractivity (Wildman–Crippen MR) is 84.3 cm³/mol. The summed E-state index contributed by atoms with van der Waals surface area (Å²) in [6.45, 7) is 2.03. The van der Waals surface area contributed by atoms with Gasteiger partial charge in [0.1, 0.15) is 18.2 Å². The normalized spacial score (nSPS) is 13.0. The molecule has 2 aromatic carbocycles. The van der Waals surface area contributed by atoms with Crippen molar-refractivity contribution in [2.75, 3.05) is 23.4 Å². The van der Waals surface area contributed by atoms with E-state index in [0.717, 1.165) is 0 Å². The number of fused-ring (bicyclic) bond motifs is 1. The molecule has 2 aromatic rings. The highest BCUT2D eigenvalue weighted by atomic mass is 19.1. The lowest BCUT2D eigenvalue weighted by molar-refractivity contribution is -0.114. The molecule has 0 spiro atoms. The Morgan fingerprint density at radius 2 is 2.00 bits per heavy atom. The third-order valence-electron chi connectivity index (χ3n) is 3.49. The molecule has 6 heteroatoms. The van der Waals surface area contributed by atoms with Gasteiger partial charge in [0.15, 0.2) is 0 Å². The molecule has 118 valence electrons. The Hall–Kier alpha value is -2.89. The van der Waals surface area contributed by atoms with Crippen molar-refractivity contribution in [2.24, 2.45) is 0 Å². The molecule has 5 nitrogen and oxygen atoms in total. The van der Waals surface area contributed by atoms with Crippen LogP contribution in [-0.4, -0.2) is 25.0 Å². The molecular formula is C17H15FN2O3. The van der Waals surface area contributed by atoms with Gasteiger partial charge in [-0.05, 0) is 30.3 Å². The third-order valence-corrected chi connectivity index (χ3v) is 3.49. The molecule has 0 radical (unpaired) electrons. The van der Waals surface area contributed by atoms with Crippen molar-refractivity contribution in [1.82, 2.24) is 0 Å². The average Bonchev–Trinajstić information content (AvgIpc) is 2.55. The molecule has 3 rings (SSSR count). The zero-order valence-electron chi connectivity index (χ0n) is 12.5. The quantitative estimate of drug-likeness (QED) is 0.927. The van der Waals surface area contributed by atoms with E-state index in [0.29, 0.717) is 30.3 Å². The first kappa shape index (κ1) is 15.0. The van der Waals surface area contributed by atoms with Crippen molar-refractivity contribution in [1.29, 1.82) is 0 Å². The molecule has 1 heterocycles. The van der Waals surface area contributed by atoms with Crippen molar-refractivity contribution in [3.05, 3.63) is 53.8 Å². The zero-order valence-corrected chi connectivity index (χ0v) is 12.5. The molecule has 1 aliphatic heterocycles. The Morgan fingerprint density at radius 1 is 1.22 bits per heavy atom. The van der Waals surface area contributed by atoms with Crippen LogP contribution in [0, 0.1) is 5.82 Å². The van der Waals surface area contributed by atoms with Gasteiger partial charge in [0.2, 0.25) is 5.91 Å². The number of rotatable bonds is 2. The highest BCUT2D eigenvalue weighted by Gasteiger charge is 2.26. The molecule has 1 aliphatic rings. The summed E-state index contributed by atoms with van der Waals surface area (Å²) in [7, 11) is 0. The van der Waals surface area contributed by atoms with Crippen molar-refractivity contribution in [3.8, 4) is 5.75 Å². The summed E-state index contributed by atoms with van der Waals surface area (Å²) < 4.78 is 19.6. The minimum atomic E-state index is -0.631. The number of hydrogen-bond acceptors (Lipinski definition) is 3. The number of ether oxygens (including phenoxy) is 1. The molecule has 0 saturated heterocycles. The van der Waals surface area contributed by atoms with E-state index >= 15 is 0 Å². The lowest BCUT2D eigenvalue weighted by Crippen LogP contribution is -2.38. The number of halogens is 1. The summed E-state index contributed by atoms with van der Waals surface area (Å²) in [6.07, 6.45) is 0. The summed E-state index contributed by atoms with van der Waals surface area (Å²) in [5.41, 5.74) is 0.893. The minimum absolute atomic E-state index is 0.0899. The highest BCUT2D eigenvalue weighted by molar-refractivity contribution is 6.08. The van der Waals surface area contributed by atoms with E-state index in [2.05, 4.69) is 5.32 Å². The molecule has 0 aliphatic carbocycles. The maximum Gasteiger partial charge on any atom is 0.261 e. The number of nitrogens with one attached hydrogen (secondary N) is 1. The molecule has 0 bridgehead atoms. The van der Waals surface area contributed by atoms with Gasteiger partial charge in [0.05, 0.1) is 17.8 Å². The van der Waals surface area contributed by atoms with E-state index in [1.165, 1.54) is 30.0 Å². The molecule has 0 saturated carbocycles. The standard InChI is InChI=1S/C17H15FN2O3/c1-11(21)19-12-6-7-14(18)13(10-12)17(22)20-8-9-23-16-5-3-2-4-15(16)20/h2-7,10H,8-9H2,1H3,(H,19,21). The molecule has 23 heavy (non-hydrogen) atoms. The molecule has 1 N–H and O–H groups in total. The van der Waals surface area contributed by atoms with Gasteiger partial charge < -0.3 is 15.0 Å². The second-order valence-electron chi connectivity index (χ2n) is 5.15. The van der Waals surface area contributed by atoms with Crippen LogP contribution in [0.3, 0.4) is 0 Å². The van der Waals surface area contributed by atoms with E-state index in [4.69, 9.17) is 4.74 Å². The van der Waals surface area contributed by atoms with Gasteiger partial charge in [0.25, 0.3) is 5.91 Å². The smallest absolute Gasteiger partial charge is 0.261 e. The molecule has 0 fully saturated rings. The van der Waals surface area contributed by atoms with Gasteiger partial charge >= 0.3 is 0 Å². The van der Waals surface area contributed by atoms with Crippen LogP contribution < -0.4 is 15.0 Å². The number of carbonyl (C=O) groups is 2. The van der Waals surface area contributed by atoms with E-state index < -0.39 is 11.7 Å². The Balaban J connectivity index is 1.96. The van der Waals surface area contributed by atoms with E-state index in [9.17, 15) is 14.0 Å². The van der Waals surface area contributed by atoms with Gasteiger partial charge in [-0.3, -0.25) is 9.59 Å². The predicted octanol–water partition coefficient (Wildman–Crippen LogP) is 2.82. The Morgan fingerprint density at radius 3 is 2.78 bits per heavy atom. The third kappa shape index (κ3) is 3.01. The van der Waals surface area contributed by atoms with Gasteiger partial charge in [-0.15, -0.1) is 0 Å². The highest BCUT2D eigenvalue weighted by Crippen LogP contribution is 2.32. The first-order chi connectivity index (χ1) is 11.1. The van der Waals surface area contributed by atoms with Crippen molar-refractivity contribution in [2.45, 2.75) is 6.92 Å². The summed E-state index contributed by atoms with van der Waals surface area (Å²) in [4.78, 5) is 25.3. The maximum atomic E-state index is 14.1. The first-order valence-electron chi connectivity index (χ1n) is 7.17. The zero-order chi connectivity index (χ0) is 16.4. The van der Waals surface area contributed by atoms with Crippen LogP contribution >= 0.6 is 0 Å². The van der Waals surface area contributed by atoms with E-state index in [1.54, 1.807) is 18.2 Å². The monoisotopic (exact) mass is 314 g/mol. The van der Waals surface area contributed by atoms with Crippen LogP contribution in [-0.2, 0) is 4.79 Å². The average molecular weight is 314 g/mol. The number of hydrogen-bond donors (Lipinski definition) is 1. The number of carbonyl (C=O) groups excluding carboxylic acids is 2. The molecule has 2 amide bonds.